The summed E-state index contributed by atoms with van der Waals surface area (Å²) in [5.74, 6) is -0.539. The highest BCUT2D eigenvalue weighted by Crippen LogP contribution is 2.28. The summed E-state index contributed by atoms with van der Waals surface area (Å²) in [6.45, 7) is 15.9. The van der Waals surface area contributed by atoms with E-state index in [9.17, 15) is 14.4 Å². The molecule has 7 heteroatoms. The van der Waals surface area contributed by atoms with E-state index in [4.69, 9.17) is 4.74 Å². The van der Waals surface area contributed by atoms with Crippen LogP contribution in [0, 0.1) is 13.8 Å². The van der Waals surface area contributed by atoms with Crippen LogP contribution in [0.5, 0.6) is 0 Å². The molecule has 3 amide bonds. The van der Waals surface area contributed by atoms with E-state index in [0.717, 1.165) is 41.5 Å². The molecule has 7 nitrogen and oxygen atoms in total. The Balaban J connectivity index is 2.57. The van der Waals surface area contributed by atoms with Crippen molar-refractivity contribution >= 4 is 17.9 Å². The van der Waals surface area contributed by atoms with Crippen LogP contribution in [0.2, 0.25) is 0 Å². The zero-order valence-corrected chi connectivity index (χ0v) is 25.7. The van der Waals surface area contributed by atoms with Gasteiger partial charge in [0.25, 0.3) is 0 Å². The van der Waals surface area contributed by atoms with Gasteiger partial charge < -0.3 is 20.3 Å². The minimum atomic E-state index is -0.924. The van der Waals surface area contributed by atoms with Crippen LogP contribution in [0.1, 0.15) is 95.5 Å². The fourth-order valence-electron chi connectivity index (χ4n) is 4.76. The number of carbonyl (C=O) groups excluding carboxylic acids is 3. The number of rotatable bonds is 13. The largest absolute Gasteiger partial charge is 0.444 e. The molecule has 3 unspecified atom stereocenters. The molecule has 2 N–H and O–H groups in total. The monoisotopic (exact) mass is 551 g/mol. The average molecular weight is 552 g/mol. The molecule has 0 aliphatic rings. The van der Waals surface area contributed by atoms with E-state index in [2.05, 4.69) is 23.6 Å². The first-order valence-corrected chi connectivity index (χ1v) is 14.6. The topological polar surface area (TPSA) is 87.7 Å². The van der Waals surface area contributed by atoms with Gasteiger partial charge in [-0.3, -0.25) is 9.59 Å². The zero-order valence-electron chi connectivity index (χ0n) is 25.7. The van der Waals surface area contributed by atoms with Crippen molar-refractivity contribution in [2.24, 2.45) is 0 Å². The van der Waals surface area contributed by atoms with Gasteiger partial charge in [0.05, 0.1) is 0 Å². The lowest BCUT2D eigenvalue weighted by Gasteiger charge is -2.38. The Morgan fingerprint density at radius 3 is 2.12 bits per heavy atom. The number of nitrogens with zero attached hydrogens (tertiary/aromatic N) is 1. The number of amides is 3. The summed E-state index contributed by atoms with van der Waals surface area (Å²) in [4.78, 5) is 42.9. The molecule has 0 bridgehead atoms. The number of hydrogen-bond acceptors (Lipinski definition) is 4. The molecule has 0 aliphatic carbocycles. The molecule has 0 aliphatic heterocycles. The van der Waals surface area contributed by atoms with E-state index < -0.39 is 23.8 Å². The van der Waals surface area contributed by atoms with Crippen LogP contribution in [0.15, 0.2) is 48.5 Å². The van der Waals surface area contributed by atoms with Crippen LogP contribution >= 0.6 is 0 Å². The molecule has 220 valence electrons. The zero-order chi connectivity index (χ0) is 29.9. The standard InChI is InChI=1S/C33H49N3O4/c1-9-11-15-18-34-30(37)29(27-20-23(3)19-24(4)21-27)36(25(5)10-2)31(38)28(22-26-16-13-12-14-17-26)35-32(39)40-33(6,7)8/h12-14,16-17,19-21,25,28-29H,9-11,15,18,22H2,1-8H3,(H,34,37)(H,35,39). The maximum Gasteiger partial charge on any atom is 0.408 e. The lowest BCUT2D eigenvalue weighted by Crippen LogP contribution is -2.56. The molecule has 0 spiro atoms. The van der Waals surface area contributed by atoms with Gasteiger partial charge in [-0.25, -0.2) is 4.79 Å². The summed E-state index contributed by atoms with van der Waals surface area (Å²) in [6, 6.07) is 13.5. The number of hydrogen-bond donors (Lipinski definition) is 2. The first kappa shape index (κ1) is 32.9. The van der Waals surface area contributed by atoms with E-state index in [1.54, 1.807) is 25.7 Å². The van der Waals surface area contributed by atoms with Crippen LogP contribution in [0.25, 0.3) is 0 Å². The summed E-state index contributed by atoms with van der Waals surface area (Å²) in [6.07, 6.45) is 3.17. The highest BCUT2D eigenvalue weighted by Gasteiger charge is 2.38. The Bertz CT molecular complexity index is 1090. The number of ether oxygens (including phenoxy) is 1. The van der Waals surface area contributed by atoms with Crippen molar-refractivity contribution in [2.45, 2.75) is 111 Å². The third kappa shape index (κ3) is 10.3. The van der Waals surface area contributed by atoms with Gasteiger partial charge in [-0.15, -0.1) is 0 Å². The maximum absolute atomic E-state index is 14.5. The highest BCUT2D eigenvalue weighted by molar-refractivity contribution is 5.92. The van der Waals surface area contributed by atoms with Crippen LogP contribution in [0.3, 0.4) is 0 Å². The maximum atomic E-state index is 14.5. The average Bonchev–Trinajstić information content (AvgIpc) is 2.87. The number of unbranched alkanes of at least 4 members (excludes halogenated alkanes) is 2. The van der Waals surface area contributed by atoms with Gasteiger partial charge in [-0.2, -0.15) is 0 Å². The molecule has 2 rings (SSSR count). The Morgan fingerprint density at radius 2 is 1.57 bits per heavy atom. The van der Waals surface area contributed by atoms with Gasteiger partial charge in [0, 0.05) is 19.0 Å². The Kier molecular flexibility index (Phi) is 12.7. The van der Waals surface area contributed by atoms with Crippen molar-refractivity contribution < 1.29 is 19.1 Å². The van der Waals surface area contributed by atoms with E-state index in [0.29, 0.717) is 13.0 Å². The lowest BCUT2D eigenvalue weighted by molar-refractivity contribution is -0.145. The molecule has 0 saturated carbocycles. The lowest BCUT2D eigenvalue weighted by atomic mass is 9.95. The molecular formula is C33H49N3O4. The van der Waals surface area contributed by atoms with Gasteiger partial charge in [-0.1, -0.05) is 86.3 Å². The third-order valence-electron chi connectivity index (χ3n) is 6.76. The van der Waals surface area contributed by atoms with E-state index in [1.165, 1.54) is 0 Å². The molecular weight excluding hydrogens is 502 g/mol. The SMILES string of the molecule is CCCCCNC(=O)C(c1cc(C)cc(C)c1)N(C(=O)C(Cc1ccccc1)NC(=O)OC(C)(C)C)C(C)CC. The summed E-state index contributed by atoms with van der Waals surface area (Å²) in [7, 11) is 0. The van der Waals surface area contributed by atoms with Gasteiger partial charge in [0.15, 0.2) is 0 Å². The molecule has 0 radical (unpaired) electrons. The van der Waals surface area contributed by atoms with Crippen LogP contribution in [0.4, 0.5) is 4.79 Å². The first-order valence-electron chi connectivity index (χ1n) is 14.6. The Morgan fingerprint density at radius 1 is 0.950 bits per heavy atom. The summed E-state index contributed by atoms with van der Waals surface area (Å²) < 4.78 is 5.52. The number of nitrogens with one attached hydrogen (secondary N) is 2. The number of alkyl carbamates (subject to hydrolysis) is 1. The first-order chi connectivity index (χ1) is 18.9. The molecule has 3 atom stereocenters. The Hall–Kier alpha value is -3.35. The van der Waals surface area contributed by atoms with Gasteiger partial charge in [-0.05, 0) is 65.5 Å². The van der Waals surface area contributed by atoms with Crippen molar-refractivity contribution in [3.63, 3.8) is 0 Å². The van der Waals surface area contributed by atoms with Gasteiger partial charge >= 0.3 is 6.09 Å². The second-order valence-electron chi connectivity index (χ2n) is 11.7. The third-order valence-corrected chi connectivity index (χ3v) is 6.76. The summed E-state index contributed by atoms with van der Waals surface area (Å²) in [5.41, 5.74) is 2.97. The van der Waals surface area contributed by atoms with Crippen molar-refractivity contribution in [2.75, 3.05) is 6.54 Å². The van der Waals surface area contributed by atoms with Gasteiger partial charge in [0.1, 0.15) is 17.7 Å². The number of benzene rings is 2. The molecule has 0 heterocycles. The number of aryl methyl sites for hydroxylation is 2. The second kappa shape index (κ2) is 15.4. The Labute approximate surface area is 241 Å². The van der Waals surface area contributed by atoms with Crippen LogP contribution in [-0.2, 0) is 20.7 Å². The van der Waals surface area contributed by atoms with E-state index >= 15 is 0 Å². The quantitative estimate of drug-likeness (QED) is 0.282. The summed E-state index contributed by atoms with van der Waals surface area (Å²) >= 11 is 0. The van der Waals surface area contributed by atoms with Crippen molar-refractivity contribution in [1.82, 2.24) is 15.5 Å². The van der Waals surface area contributed by atoms with Crippen molar-refractivity contribution in [3.8, 4) is 0 Å². The van der Waals surface area contributed by atoms with Crippen LogP contribution in [-0.4, -0.2) is 47.0 Å². The fraction of sp³-hybridized carbons (Fsp3) is 0.545. The smallest absolute Gasteiger partial charge is 0.408 e. The highest BCUT2D eigenvalue weighted by atomic mass is 16.6. The fourth-order valence-corrected chi connectivity index (χ4v) is 4.76. The molecule has 0 fully saturated rings. The minimum absolute atomic E-state index is 0.217. The number of carbonyl (C=O) groups is 3. The summed E-state index contributed by atoms with van der Waals surface area (Å²) in [5, 5.41) is 5.91. The predicted molar refractivity (Wildman–Crippen MR) is 161 cm³/mol. The predicted octanol–water partition coefficient (Wildman–Crippen LogP) is 6.41. The van der Waals surface area contributed by atoms with Crippen LogP contribution < -0.4 is 10.6 Å². The van der Waals surface area contributed by atoms with Crippen molar-refractivity contribution in [3.05, 3.63) is 70.8 Å². The van der Waals surface area contributed by atoms with Crippen molar-refractivity contribution in [1.29, 1.82) is 0 Å². The molecule has 0 saturated heterocycles. The van der Waals surface area contributed by atoms with E-state index in [1.807, 2.05) is 70.2 Å². The van der Waals surface area contributed by atoms with E-state index in [-0.39, 0.29) is 24.3 Å². The second-order valence-corrected chi connectivity index (χ2v) is 11.7. The molecule has 40 heavy (non-hydrogen) atoms. The minimum Gasteiger partial charge on any atom is -0.444 e. The van der Waals surface area contributed by atoms with Gasteiger partial charge in [0.2, 0.25) is 11.8 Å². The molecule has 2 aromatic carbocycles. The normalized spacial score (nSPS) is 13.6. The molecule has 2 aromatic rings. The molecule has 0 aromatic heterocycles.